The summed E-state index contributed by atoms with van der Waals surface area (Å²) in [5.41, 5.74) is 1.58. The second-order valence-electron chi connectivity index (χ2n) is 8.60. The second-order valence-corrected chi connectivity index (χ2v) is 8.60. The fourth-order valence-corrected chi connectivity index (χ4v) is 4.03. The topological polar surface area (TPSA) is 173 Å². The molecule has 0 aliphatic heterocycles. The maximum atomic E-state index is 13.0. The number of aromatic nitrogens is 4. The van der Waals surface area contributed by atoms with Crippen LogP contribution in [0.15, 0.2) is 84.9 Å². The van der Waals surface area contributed by atoms with Gasteiger partial charge >= 0.3 is 11.9 Å². The summed E-state index contributed by atoms with van der Waals surface area (Å²) in [5.74, 6) is -2.27. The standard InChI is InChI=1S/C29H20N6O6/c1-41-29(40)18-10-8-17(9-11-18)26(36)30-23-14-12-21(32-34-23)22-13-15-24(35-33-22)31-27(37)19-6-2-4-16-5-3-7-20(25(16)19)28(38)39/h2-15H,1H3,(H,38,39)(H,30,34,36)(H,31,35,37). The normalized spacial score (nSPS) is 10.6. The van der Waals surface area contributed by atoms with Crippen molar-refractivity contribution in [3.8, 4) is 11.4 Å². The van der Waals surface area contributed by atoms with Gasteiger partial charge in [0.05, 0.1) is 18.2 Å². The van der Waals surface area contributed by atoms with Crippen LogP contribution < -0.4 is 10.6 Å². The van der Waals surface area contributed by atoms with Crippen molar-refractivity contribution in [1.29, 1.82) is 0 Å². The lowest BCUT2D eigenvalue weighted by Crippen LogP contribution is -2.15. The second kappa shape index (κ2) is 11.4. The molecule has 0 atom stereocenters. The van der Waals surface area contributed by atoms with Gasteiger partial charge in [0, 0.05) is 16.5 Å². The zero-order chi connectivity index (χ0) is 28.9. The van der Waals surface area contributed by atoms with E-state index >= 15 is 0 Å². The molecule has 0 saturated carbocycles. The monoisotopic (exact) mass is 548 g/mol. The number of carbonyl (C=O) groups is 4. The van der Waals surface area contributed by atoms with Crippen molar-refractivity contribution in [2.75, 3.05) is 17.7 Å². The minimum absolute atomic E-state index is 0.0179. The van der Waals surface area contributed by atoms with Gasteiger partial charge in [0.1, 0.15) is 11.4 Å². The quantitative estimate of drug-likeness (QED) is 0.252. The number of hydrogen-bond donors (Lipinski definition) is 3. The van der Waals surface area contributed by atoms with Gasteiger partial charge in [-0.25, -0.2) is 9.59 Å². The third kappa shape index (κ3) is 5.71. The number of fused-ring (bicyclic) bond motifs is 1. The van der Waals surface area contributed by atoms with Crippen LogP contribution in [-0.2, 0) is 4.74 Å². The number of methoxy groups -OCH3 is 1. The van der Waals surface area contributed by atoms with Gasteiger partial charge in [-0.2, -0.15) is 0 Å². The first-order valence-corrected chi connectivity index (χ1v) is 12.1. The SMILES string of the molecule is COC(=O)c1ccc(C(=O)Nc2ccc(-c3ccc(NC(=O)c4cccc5cccc(C(=O)O)c45)nn3)nn2)cc1. The Kier molecular flexibility index (Phi) is 7.37. The maximum Gasteiger partial charge on any atom is 0.337 e. The van der Waals surface area contributed by atoms with E-state index in [1.165, 1.54) is 43.5 Å². The molecule has 2 heterocycles. The molecule has 5 rings (SSSR count). The van der Waals surface area contributed by atoms with Crippen LogP contribution in [-0.4, -0.2) is 56.4 Å². The Labute approximate surface area is 232 Å². The minimum Gasteiger partial charge on any atom is -0.478 e. The molecule has 41 heavy (non-hydrogen) atoms. The molecule has 202 valence electrons. The fourth-order valence-electron chi connectivity index (χ4n) is 4.03. The highest BCUT2D eigenvalue weighted by molar-refractivity contribution is 6.17. The van der Waals surface area contributed by atoms with Gasteiger partial charge < -0.3 is 20.5 Å². The highest BCUT2D eigenvalue weighted by Crippen LogP contribution is 2.24. The lowest BCUT2D eigenvalue weighted by atomic mass is 9.98. The number of hydrogen-bond acceptors (Lipinski definition) is 9. The first-order chi connectivity index (χ1) is 19.8. The molecule has 0 aliphatic rings. The number of nitrogens with one attached hydrogen (secondary N) is 2. The van der Waals surface area contributed by atoms with Gasteiger partial charge in [-0.3, -0.25) is 9.59 Å². The number of esters is 1. The van der Waals surface area contributed by atoms with Crippen LogP contribution in [0.25, 0.3) is 22.2 Å². The Morgan fingerprint density at radius 1 is 0.634 bits per heavy atom. The minimum atomic E-state index is -1.14. The van der Waals surface area contributed by atoms with Gasteiger partial charge in [-0.05, 0) is 66.0 Å². The molecule has 3 N–H and O–H groups in total. The summed E-state index contributed by atoms with van der Waals surface area (Å²) >= 11 is 0. The van der Waals surface area contributed by atoms with E-state index in [4.69, 9.17) is 0 Å². The maximum absolute atomic E-state index is 13.0. The van der Waals surface area contributed by atoms with Crippen LogP contribution in [0.1, 0.15) is 41.4 Å². The molecule has 3 aromatic carbocycles. The van der Waals surface area contributed by atoms with Crippen LogP contribution in [0.2, 0.25) is 0 Å². The highest BCUT2D eigenvalue weighted by atomic mass is 16.5. The fraction of sp³-hybridized carbons (Fsp3) is 0.0345. The molecular formula is C29H20N6O6. The molecule has 0 saturated heterocycles. The molecule has 12 nitrogen and oxygen atoms in total. The van der Waals surface area contributed by atoms with Gasteiger partial charge in [-0.15, -0.1) is 20.4 Å². The third-order valence-corrected chi connectivity index (χ3v) is 6.02. The number of benzene rings is 3. The van der Waals surface area contributed by atoms with E-state index in [1.807, 2.05) is 0 Å². The lowest BCUT2D eigenvalue weighted by Gasteiger charge is -2.10. The molecule has 2 amide bonds. The predicted molar refractivity (Wildman–Crippen MR) is 148 cm³/mol. The van der Waals surface area contributed by atoms with Gasteiger partial charge in [0.15, 0.2) is 11.6 Å². The Bertz CT molecular complexity index is 1780. The van der Waals surface area contributed by atoms with Crippen molar-refractivity contribution < 1.29 is 29.0 Å². The zero-order valence-electron chi connectivity index (χ0n) is 21.4. The van der Waals surface area contributed by atoms with Crippen molar-refractivity contribution in [2.24, 2.45) is 0 Å². The predicted octanol–water partition coefficient (Wildman–Crippen LogP) is 4.08. The smallest absolute Gasteiger partial charge is 0.337 e. The number of carboxylic acid groups (broad SMARTS) is 1. The van der Waals surface area contributed by atoms with E-state index in [0.717, 1.165) is 0 Å². The van der Waals surface area contributed by atoms with Crippen LogP contribution in [0.4, 0.5) is 11.6 Å². The van der Waals surface area contributed by atoms with E-state index < -0.39 is 23.8 Å². The third-order valence-electron chi connectivity index (χ3n) is 6.02. The number of carbonyl (C=O) groups excluding carboxylic acids is 3. The summed E-state index contributed by atoms with van der Waals surface area (Å²) in [6.07, 6.45) is 0. The molecule has 0 fully saturated rings. The zero-order valence-corrected chi connectivity index (χ0v) is 21.4. The molecule has 0 spiro atoms. The van der Waals surface area contributed by atoms with E-state index in [1.54, 1.807) is 48.5 Å². The average Bonchev–Trinajstić information content (AvgIpc) is 3.00. The number of rotatable bonds is 7. The summed E-state index contributed by atoms with van der Waals surface area (Å²) in [6.45, 7) is 0. The Morgan fingerprint density at radius 3 is 1.68 bits per heavy atom. The van der Waals surface area contributed by atoms with Crippen molar-refractivity contribution in [2.45, 2.75) is 0 Å². The number of nitrogens with zero attached hydrogens (tertiary/aromatic N) is 4. The van der Waals surface area contributed by atoms with Gasteiger partial charge in [0.25, 0.3) is 11.8 Å². The van der Waals surface area contributed by atoms with Crippen molar-refractivity contribution in [3.05, 3.63) is 107 Å². The van der Waals surface area contributed by atoms with E-state index in [9.17, 15) is 24.3 Å². The lowest BCUT2D eigenvalue weighted by molar-refractivity contribution is 0.0599. The van der Waals surface area contributed by atoms with Crippen LogP contribution in [0, 0.1) is 0 Å². The Balaban J connectivity index is 1.26. The van der Waals surface area contributed by atoms with E-state index in [0.29, 0.717) is 33.3 Å². The van der Waals surface area contributed by atoms with Gasteiger partial charge in [-0.1, -0.05) is 24.3 Å². The van der Waals surface area contributed by atoms with Crippen molar-refractivity contribution in [3.63, 3.8) is 0 Å². The van der Waals surface area contributed by atoms with Crippen LogP contribution in [0.5, 0.6) is 0 Å². The Morgan fingerprint density at radius 2 is 1.17 bits per heavy atom. The van der Waals surface area contributed by atoms with E-state index in [2.05, 4.69) is 35.8 Å². The molecule has 2 aromatic heterocycles. The van der Waals surface area contributed by atoms with Crippen molar-refractivity contribution in [1.82, 2.24) is 20.4 Å². The largest absolute Gasteiger partial charge is 0.478 e. The Hall–Kier alpha value is -6.04. The number of carboxylic acids is 1. The van der Waals surface area contributed by atoms with Gasteiger partial charge in [0.2, 0.25) is 0 Å². The molecule has 5 aromatic rings. The number of anilines is 2. The summed E-state index contributed by atoms with van der Waals surface area (Å²) in [7, 11) is 1.27. The molecule has 0 radical (unpaired) electrons. The molecule has 12 heteroatoms. The number of amides is 2. The summed E-state index contributed by atoms with van der Waals surface area (Å²) in [4.78, 5) is 48.7. The highest BCUT2D eigenvalue weighted by Gasteiger charge is 2.17. The first kappa shape index (κ1) is 26.6. The summed E-state index contributed by atoms with van der Waals surface area (Å²) in [5, 5.41) is 31.9. The molecule has 0 bridgehead atoms. The number of aromatic carboxylic acids is 1. The summed E-state index contributed by atoms with van der Waals surface area (Å²) < 4.78 is 4.64. The first-order valence-electron chi connectivity index (χ1n) is 12.1. The molecular weight excluding hydrogens is 528 g/mol. The molecule has 0 unspecified atom stereocenters. The molecule has 0 aliphatic carbocycles. The van der Waals surface area contributed by atoms with E-state index in [-0.39, 0.29) is 22.8 Å². The van der Waals surface area contributed by atoms with Crippen LogP contribution in [0.3, 0.4) is 0 Å². The van der Waals surface area contributed by atoms with Crippen molar-refractivity contribution >= 4 is 46.2 Å². The average molecular weight is 549 g/mol. The summed E-state index contributed by atoms with van der Waals surface area (Å²) in [6, 6.07) is 21.9. The van der Waals surface area contributed by atoms with Crippen LogP contribution >= 0.6 is 0 Å². The number of ether oxygens (including phenoxy) is 1.